The van der Waals surface area contributed by atoms with Crippen LogP contribution in [0.25, 0.3) is 0 Å². The van der Waals surface area contributed by atoms with Gasteiger partial charge >= 0.3 is 17.9 Å². The number of rotatable bonds is 52. The number of carbonyl (C=O) groups is 3. The van der Waals surface area contributed by atoms with Gasteiger partial charge in [0.1, 0.15) is 13.2 Å². The lowest BCUT2D eigenvalue weighted by Gasteiger charge is -2.18. The molecule has 388 valence electrons. The second-order valence-electron chi connectivity index (χ2n) is 19.2. The standard InChI is InChI=1S/C61H108O6/c1-4-7-10-13-16-19-22-25-27-29-30-32-33-36-39-42-45-48-51-54-60(63)66-57-58(56-65-59(62)53-50-47-44-41-38-35-24-21-18-15-12-9-6-3)67-61(64)55-52-49-46-43-40-37-34-31-28-26-23-20-17-14-11-8-5-2/h26,28,34-35,37-38,43-44,46-47,58H,4-25,27,29-33,36,39-42,45,48-57H2,1-3H3/b28-26-,37-34-,38-35-,46-43-,47-44-. The zero-order chi connectivity index (χ0) is 48.6. The van der Waals surface area contributed by atoms with Crippen molar-refractivity contribution in [3.8, 4) is 0 Å². The summed E-state index contributed by atoms with van der Waals surface area (Å²) >= 11 is 0. The first-order valence-electron chi connectivity index (χ1n) is 28.8. The summed E-state index contributed by atoms with van der Waals surface area (Å²) in [6.07, 6.45) is 69.5. The van der Waals surface area contributed by atoms with Crippen LogP contribution in [0.2, 0.25) is 0 Å². The fourth-order valence-electron chi connectivity index (χ4n) is 8.16. The number of unbranched alkanes of at least 4 members (excludes halogenated alkanes) is 31. The molecule has 0 spiro atoms. The van der Waals surface area contributed by atoms with Crippen LogP contribution in [0.5, 0.6) is 0 Å². The number of hydrogen-bond acceptors (Lipinski definition) is 6. The smallest absolute Gasteiger partial charge is 0.306 e. The van der Waals surface area contributed by atoms with Crippen LogP contribution in [-0.4, -0.2) is 37.2 Å². The van der Waals surface area contributed by atoms with E-state index in [1.807, 2.05) is 6.08 Å². The minimum Gasteiger partial charge on any atom is -0.462 e. The highest BCUT2D eigenvalue weighted by atomic mass is 16.6. The maximum atomic E-state index is 12.8. The van der Waals surface area contributed by atoms with Gasteiger partial charge in [-0.3, -0.25) is 14.4 Å². The predicted molar refractivity (Wildman–Crippen MR) is 288 cm³/mol. The molecule has 0 radical (unpaired) electrons. The van der Waals surface area contributed by atoms with Crippen molar-refractivity contribution in [2.45, 2.75) is 297 Å². The molecule has 67 heavy (non-hydrogen) atoms. The molecule has 0 aliphatic carbocycles. The van der Waals surface area contributed by atoms with E-state index in [1.165, 1.54) is 186 Å². The molecule has 0 aliphatic rings. The summed E-state index contributed by atoms with van der Waals surface area (Å²) < 4.78 is 16.7. The lowest BCUT2D eigenvalue weighted by atomic mass is 10.0. The quantitative estimate of drug-likeness (QED) is 0.0262. The van der Waals surface area contributed by atoms with E-state index >= 15 is 0 Å². The van der Waals surface area contributed by atoms with E-state index in [1.54, 1.807) is 0 Å². The third-order valence-electron chi connectivity index (χ3n) is 12.5. The number of esters is 3. The fraction of sp³-hybridized carbons (Fsp3) is 0.787. The second-order valence-corrected chi connectivity index (χ2v) is 19.2. The Balaban J connectivity index is 4.44. The Morgan fingerprint density at radius 2 is 0.582 bits per heavy atom. The van der Waals surface area contributed by atoms with E-state index < -0.39 is 6.10 Å². The Bertz CT molecular complexity index is 1210. The number of allylic oxidation sites excluding steroid dienone is 10. The van der Waals surface area contributed by atoms with Gasteiger partial charge in [0.2, 0.25) is 0 Å². The Kier molecular flexibility index (Phi) is 53.3. The van der Waals surface area contributed by atoms with Gasteiger partial charge in [0.15, 0.2) is 6.10 Å². The summed E-state index contributed by atoms with van der Waals surface area (Å²) in [5, 5.41) is 0. The van der Waals surface area contributed by atoms with E-state index in [4.69, 9.17) is 14.2 Å². The average molecular weight is 938 g/mol. The van der Waals surface area contributed by atoms with E-state index in [0.717, 1.165) is 51.4 Å². The highest BCUT2D eigenvalue weighted by Gasteiger charge is 2.19. The van der Waals surface area contributed by atoms with Crippen molar-refractivity contribution < 1.29 is 28.6 Å². The molecule has 0 aromatic carbocycles. The highest BCUT2D eigenvalue weighted by Crippen LogP contribution is 2.16. The molecule has 0 aliphatic heterocycles. The van der Waals surface area contributed by atoms with Gasteiger partial charge in [0.25, 0.3) is 0 Å². The minimum atomic E-state index is -0.821. The van der Waals surface area contributed by atoms with Crippen LogP contribution in [0, 0.1) is 0 Å². The fourth-order valence-corrected chi connectivity index (χ4v) is 8.16. The van der Waals surface area contributed by atoms with E-state index in [-0.39, 0.29) is 44.0 Å². The van der Waals surface area contributed by atoms with Gasteiger partial charge in [-0.25, -0.2) is 0 Å². The molecule has 0 amide bonds. The Labute approximate surface area is 415 Å². The van der Waals surface area contributed by atoms with Gasteiger partial charge in [0.05, 0.1) is 0 Å². The van der Waals surface area contributed by atoms with Crippen LogP contribution in [0.4, 0.5) is 0 Å². The lowest BCUT2D eigenvalue weighted by molar-refractivity contribution is -0.166. The minimum absolute atomic E-state index is 0.109. The second kappa shape index (κ2) is 55.7. The van der Waals surface area contributed by atoms with E-state index in [2.05, 4.69) is 75.5 Å². The Morgan fingerprint density at radius 3 is 0.970 bits per heavy atom. The van der Waals surface area contributed by atoms with Gasteiger partial charge in [-0.2, -0.15) is 0 Å². The molecule has 1 unspecified atom stereocenters. The largest absolute Gasteiger partial charge is 0.462 e. The van der Waals surface area contributed by atoms with Crippen molar-refractivity contribution >= 4 is 17.9 Å². The third-order valence-corrected chi connectivity index (χ3v) is 12.5. The van der Waals surface area contributed by atoms with Crippen LogP contribution in [0.3, 0.4) is 0 Å². The summed E-state index contributed by atoms with van der Waals surface area (Å²) in [7, 11) is 0. The summed E-state index contributed by atoms with van der Waals surface area (Å²) in [4.78, 5) is 38.0. The van der Waals surface area contributed by atoms with Gasteiger partial charge in [-0.1, -0.05) is 261 Å². The summed E-state index contributed by atoms with van der Waals surface area (Å²) in [6, 6.07) is 0. The molecule has 0 aromatic rings. The van der Waals surface area contributed by atoms with Crippen LogP contribution < -0.4 is 0 Å². The van der Waals surface area contributed by atoms with Crippen LogP contribution in [0.1, 0.15) is 290 Å². The number of hydrogen-bond donors (Lipinski definition) is 0. The van der Waals surface area contributed by atoms with E-state index in [0.29, 0.717) is 19.3 Å². The monoisotopic (exact) mass is 937 g/mol. The van der Waals surface area contributed by atoms with Gasteiger partial charge in [-0.05, 0) is 70.6 Å². The van der Waals surface area contributed by atoms with Crippen molar-refractivity contribution in [2.75, 3.05) is 13.2 Å². The van der Waals surface area contributed by atoms with Crippen molar-refractivity contribution in [1.82, 2.24) is 0 Å². The predicted octanol–water partition coefficient (Wildman–Crippen LogP) is 19.2. The van der Waals surface area contributed by atoms with Crippen molar-refractivity contribution in [2.24, 2.45) is 0 Å². The molecule has 0 saturated heterocycles. The molecular weight excluding hydrogens is 829 g/mol. The molecule has 6 nitrogen and oxygen atoms in total. The highest BCUT2D eigenvalue weighted by molar-refractivity contribution is 5.71. The van der Waals surface area contributed by atoms with Crippen LogP contribution >= 0.6 is 0 Å². The average Bonchev–Trinajstić information content (AvgIpc) is 3.33. The Hall–Kier alpha value is -2.89. The lowest BCUT2D eigenvalue weighted by Crippen LogP contribution is -2.30. The number of ether oxygens (including phenoxy) is 3. The molecule has 0 rings (SSSR count). The molecule has 0 heterocycles. The zero-order valence-electron chi connectivity index (χ0n) is 44.4. The van der Waals surface area contributed by atoms with Gasteiger partial charge in [-0.15, -0.1) is 0 Å². The van der Waals surface area contributed by atoms with Crippen molar-refractivity contribution in [1.29, 1.82) is 0 Å². The third kappa shape index (κ3) is 53.9. The summed E-state index contributed by atoms with van der Waals surface area (Å²) in [5.41, 5.74) is 0. The molecule has 0 bridgehead atoms. The molecule has 0 fully saturated rings. The molecule has 6 heteroatoms. The first-order chi connectivity index (χ1) is 33.0. The van der Waals surface area contributed by atoms with Crippen molar-refractivity contribution in [3.63, 3.8) is 0 Å². The molecule has 1 atom stereocenters. The molecular formula is C61H108O6. The molecule has 0 saturated carbocycles. The SMILES string of the molecule is CCCCCCCC/C=C\C/C=C\C/C=C\CCCC(=O)OC(COC(=O)CC/C=C\C/C=C\CCCCCCCC)COC(=O)CCCCCCCCCCCCCCCCCCCCC. The normalized spacial score (nSPS) is 12.5. The topological polar surface area (TPSA) is 78.9 Å². The van der Waals surface area contributed by atoms with Crippen LogP contribution in [-0.2, 0) is 28.6 Å². The first-order valence-corrected chi connectivity index (χ1v) is 28.8. The maximum absolute atomic E-state index is 12.8. The molecule has 0 aromatic heterocycles. The molecule has 0 N–H and O–H groups in total. The number of carbonyl (C=O) groups excluding carboxylic acids is 3. The van der Waals surface area contributed by atoms with Crippen molar-refractivity contribution in [3.05, 3.63) is 60.8 Å². The summed E-state index contributed by atoms with van der Waals surface area (Å²) in [5.74, 6) is -1.02. The Morgan fingerprint density at radius 1 is 0.299 bits per heavy atom. The maximum Gasteiger partial charge on any atom is 0.306 e. The van der Waals surface area contributed by atoms with E-state index in [9.17, 15) is 14.4 Å². The van der Waals surface area contributed by atoms with Crippen LogP contribution in [0.15, 0.2) is 60.8 Å². The van der Waals surface area contributed by atoms with Gasteiger partial charge in [0, 0.05) is 19.3 Å². The van der Waals surface area contributed by atoms with Gasteiger partial charge < -0.3 is 14.2 Å². The summed E-state index contributed by atoms with van der Waals surface area (Å²) in [6.45, 7) is 6.56. The first kappa shape index (κ1) is 64.1. The zero-order valence-corrected chi connectivity index (χ0v) is 44.4.